The van der Waals surface area contributed by atoms with Gasteiger partial charge in [-0.3, -0.25) is 9.59 Å². The Morgan fingerprint density at radius 2 is 1.75 bits per heavy atom. The third-order valence-corrected chi connectivity index (χ3v) is 3.94. The van der Waals surface area contributed by atoms with Crippen molar-refractivity contribution in [3.63, 3.8) is 0 Å². The van der Waals surface area contributed by atoms with Crippen LogP contribution in [-0.4, -0.2) is 46.2 Å². The van der Waals surface area contributed by atoms with E-state index in [1.165, 1.54) is 24.2 Å². The predicted molar refractivity (Wildman–Crippen MR) is 76.3 cm³/mol. The Hall–Kier alpha value is -1.10. The van der Waals surface area contributed by atoms with Crippen LogP contribution in [0.25, 0.3) is 0 Å². The number of amides is 1. The maximum Gasteiger partial charge on any atom is 0.308 e. The molecule has 1 rings (SSSR count). The normalized spacial score (nSPS) is 19.4. The summed E-state index contributed by atoms with van der Waals surface area (Å²) in [5.41, 5.74) is 0. The van der Waals surface area contributed by atoms with Gasteiger partial charge in [0.1, 0.15) is 0 Å². The van der Waals surface area contributed by atoms with Crippen molar-refractivity contribution >= 4 is 11.9 Å². The Morgan fingerprint density at radius 1 is 1.15 bits per heavy atom. The van der Waals surface area contributed by atoms with Gasteiger partial charge in [-0.1, -0.05) is 26.2 Å². The molecule has 0 aromatic heterocycles. The number of carboxylic acid groups (broad SMARTS) is 1. The molecule has 0 aromatic carbocycles. The molecule has 0 spiro atoms. The van der Waals surface area contributed by atoms with E-state index in [0.717, 1.165) is 12.8 Å². The zero-order chi connectivity index (χ0) is 15.1. The van der Waals surface area contributed by atoms with E-state index in [4.69, 9.17) is 5.11 Å². The summed E-state index contributed by atoms with van der Waals surface area (Å²) in [7, 11) is 0. The number of carboxylic acids is 1. The molecule has 20 heavy (non-hydrogen) atoms. The Kier molecular flexibility index (Phi) is 6.99. The maximum absolute atomic E-state index is 12.3. The topological polar surface area (TPSA) is 77.8 Å². The minimum Gasteiger partial charge on any atom is -0.481 e. The first-order chi connectivity index (χ1) is 9.40. The standard InChI is InChI=1S/C15H27NO4/c1-11(15(19)20)9-16(10-12(2)17)14(18)8-13-6-4-3-5-7-13/h11-13,17H,3-10H2,1-2H3,(H,19,20). The molecular formula is C15H27NO4. The first kappa shape index (κ1) is 17.0. The number of hydrogen-bond acceptors (Lipinski definition) is 3. The molecule has 5 heteroatoms. The molecule has 2 unspecified atom stereocenters. The molecule has 1 saturated carbocycles. The van der Waals surface area contributed by atoms with E-state index < -0.39 is 18.0 Å². The second-order valence-electron chi connectivity index (χ2n) is 6.10. The zero-order valence-corrected chi connectivity index (χ0v) is 12.5. The molecule has 116 valence electrons. The van der Waals surface area contributed by atoms with Crippen LogP contribution < -0.4 is 0 Å². The van der Waals surface area contributed by atoms with Gasteiger partial charge in [-0.25, -0.2) is 0 Å². The average Bonchev–Trinajstić information content (AvgIpc) is 2.38. The minimum absolute atomic E-state index is 0.0223. The monoisotopic (exact) mass is 285 g/mol. The van der Waals surface area contributed by atoms with E-state index in [2.05, 4.69) is 0 Å². The van der Waals surface area contributed by atoms with Gasteiger partial charge in [-0.05, 0) is 25.7 Å². The van der Waals surface area contributed by atoms with Gasteiger partial charge in [-0.15, -0.1) is 0 Å². The van der Waals surface area contributed by atoms with Crippen LogP contribution in [0.4, 0.5) is 0 Å². The number of carbonyl (C=O) groups is 2. The fraction of sp³-hybridized carbons (Fsp3) is 0.867. The Bertz CT molecular complexity index is 324. The summed E-state index contributed by atoms with van der Waals surface area (Å²) in [6.07, 6.45) is 5.63. The first-order valence-corrected chi connectivity index (χ1v) is 7.58. The first-order valence-electron chi connectivity index (χ1n) is 7.58. The molecule has 0 aromatic rings. The number of carbonyl (C=O) groups excluding carboxylic acids is 1. The van der Waals surface area contributed by atoms with Gasteiger partial charge in [0.2, 0.25) is 5.91 Å². The summed E-state index contributed by atoms with van der Waals surface area (Å²) >= 11 is 0. The van der Waals surface area contributed by atoms with Crippen molar-refractivity contribution in [2.24, 2.45) is 11.8 Å². The van der Waals surface area contributed by atoms with E-state index in [9.17, 15) is 14.7 Å². The van der Waals surface area contributed by atoms with Crippen LogP contribution in [0, 0.1) is 11.8 Å². The van der Waals surface area contributed by atoms with Crippen molar-refractivity contribution in [1.82, 2.24) is 4.90 Å². The largest absolute Gasteiger partial charge is 0.481 e. The SMILES string of the molecule is CC(O)CN(CC(C)C(=O)O)C(=O)CC1CCCCC1. The van der Waals surface area contributed by atoms with Crippen molar-refractivity contribution < 1.29 is 19.8 Å². The van der Waals surface area contributed by atoms with Crippen molar-refractivity contribution in [3.8, 4) is 0 Å². The summed E-state index contributed by atoms with van der Waals surface area (Å²) in [6, 6.07) is 0. The second kappa shape index (κ2) is 8.25. The zero-order valence-electron chi connectivity index (χ0n) is 12.5. The van der Waals surface area contributed by atoms with Crippen molar-refractivity contribution in [2.75, 3.05) is 13.1 Å². The lowest BCUT2D eigenvalue weighted by Gasteiger charge is -2.29. The summed E-state index contributed by atoms with van der Waals surface area (Å²) in [4.78, 5) is 24.8. The minimum atomic E-state index is -0.911. The highest BCUT2D eigenvalue weighted by Gasteiger charge is 2.24. The van der Waals surface area contributed by atoms with Crippen LogP contribution in [-0.2, 0) is 9.59 Å². The molecule has 1 amide bonds. The van der Waals surface area contributed by atoms with Crippen LogP contribution in [0.1, 0.15) is 52.4 Å². The number of aliphatic hydroxyl groups is 1. The van der Waals surface area contributed by atoms with Crippen LogP contribution in [0.5, 0.6) is 0 Å². The van der Waals surface area contributed by atoms with Crippen molar-refractivity contribution in [3.05, 3.63) is 0 Å². The van der Waals surface area contributed by atoms with Gasteiger partial charge in [-0.2, -0.15) is 0 Å². The highest BCUT2D eigenvalue weighted by atomic mass is 16.4. The van der Waals surface area contributed by atoms with E-state index in [-0.39, 0.29) is 19.0 Å². The molecule has 0 radical (unpaired) electrons. The highest BCUT2D eigenvalue weighted by Crippen LogP contribution is 2.27. The molecule has 1 fully saturated rings. The van der Waals surface area contributed by atoms with Crippen molar-refractivity contribution in [1.29, 1.82) is 0 Å². The Labute approximate surface area is 121 Å². The van der Waals surface area contributed by atoms with Gasteiger partial charge in [0.15, 0.2) is 0 Å². The molecule has 2 atom stereocenters. The van der Waals surface area contributed by atoms with E-state index >= 15 is 0 Å². The van der Waals surface area contributed by atoms with Gasteiger partial charge >= 0.3 is 5.97 Å². The average molecular weight is 285 g/mol. The molecular weight excluding hydrogens is 258 g/mol. The smallest absolute Gasteiger partial charge is 0.308 e. The quantitative estimate of drug-likeness (QED) is 0.748. The van der Waals surface area contributed by atoms with Crippen LogP contribution in [0.2, 0.25) is 0 Å². The van der Waals surface area contributed by atoms with E-state index in [1.54, 1.807) is 13.8 Å². The summed E-state index contributed by atoms with van der Waals surface area (Å²) in [5, 5.41) is 18.5. The van der Waals surface area contributed by atoms with E-state index in [1.807, 2.05) is 0 Å². The lowest BCUT2D eigenvalue weighted by atomic mass is 9.86. The number of rotatable bonds is 7. The Morgan fingerprint density at radius 3 is 2.25 bits per heavy atom. The number of nitrogens with zero attached hydrogens (tertiary/aromatic N) is 1. The molecule has 0 heterocycles. The third-order valence-electron chi connectivity index (χ3n) is 3.94. The lowest BCUT2D eigenvalue weighted by molar-refractivity contribution is -0.143. The molecule has 1 aliphatic carbocycles. The fourth-order valence-corrected chi connectivity index (χ4v) is 2.77. The van der Waals surface area contributed by atoms with Crippen LogP contribution >= 0.6 is 0 Å². The summed E-state index contributed by atoms with van der Waals surface area (Å²) < 4.78 is 0. The summed E-state index contributed by atoms with van der Waals surface area (Å²) in [5.74, 6) is -1.12. The third kappa shape index (κ3) is 5.90. The van der Waals surface area contributed by atoms with Gasteiger partial charge in [0, 0.05) is 19.5 Å². The molecule has 0 aliphatic heterocycles. The number of hydrogen-bond donors (Lipinski definition) is 2. The fourth-order valence-electron chi connectivity index (χ4n) is 2.77. The second-order valence-corrected chi connectivity index (χ2v) is 6.10. The van der Waals surface area contributed by atoms with Crippen LogP contribution in [0.15, 0.2) is 0 Å². The van der Waals surface area contributed by atoms with Gasteiger partial charge in [0.05, 0.1) is 12.0 Å². The summed E-state index contributed by atoms with van der Waals surface area (Å²) in [6.45, 7) is 3.59. The number of aliphatic hydroxyl groups excluding tert-OH is 1. The number of aliphatic carboxylic acids is 1. The van der Waals surface area contributed by atoms with Gasteiger partial charge < -0.3 is 15.1 Å². The molecule has 0 bridgehead atoms. The lowest BCUT2D eigenvalue weighted by Crippen LogP contribution is -2.41. The highest BCUT2D eigenvalue weighted by molar-refractivity contribution is 5.77. The van der Waals surface area contributed by atoms with E-state index in [0.29, 0.717) is 12.3 Å². The maximum atomic E-state index is 12.3. The van der Waals surface area contributed by atoms with Crippen LogP contribution in [0.3, 0.4) is 0 Å². The molecule has 5 nitrogen and oxygen atoms in total. The molecule has 1 aliphatic rings. The van der Waals surface area contributed by atoms with Gasteiger partial charge in [0.25, 0.3) is 0 Å². The molecule has 0 saturated heterocycles. The predicted octanol–water partition coefficient (Wildman–Crippen LogP) is 1.89. The Balaban J connectivity index is 2.56. The molecule has 2 N–H and O–H groups in total. The van der Waals surface area contributed by atoms with Crippen molar-refractivity contribution in [2.45, 2.75) is 58.5 Å².